The van der Waals surface area contributed by atoms with Crippen molar-refractivity contribution in [2.75, 3.05) is 18.0 Å². The van der Waals surface area contributed by atoms with Crippen molar-refractivity contribution in [2.45, 2.75) is 19.0 Å². The monoisotopic (exact) mass is 302 g/mol. The number of hydrogen-bond donors (Lipinski definition) is 2. The number of carbonyl (C=O) groups is 1. The van der Waals surface area contributed by atoms with E-state index in [9.17, 15) is 4.79 Å². The zero-order valence-corrected chi connectivity index (χ0v) is 12.5. The first-order chi connectivity index (χ1) is 10.3. The molecule has 6 heteroatoms. The van der Waals surface area contributed by atoms with Gasteiger partial charge in [-0.2, -0.15) is 0 Å². The first-order valence-corrected chi connectivity index (χ1v) is 7.92. The first kappa shape index (κ1) is 13.9. The minimum Gasteiger partial charge on any atom is -0.354 e. The Kier molecular flexibility index (Phi) is 4.35. The second-order valence-corrected chi connectivity index (χ2v) is 6.06. The number of aromatic nitrogens is 1. The van der Waals surface area contributed by atoms with Gasteiger partial charge in [0.1, 0.15) is 5.82 Å². The molecular weight excluding hydrogens is 284 g/mol. The van der Waals surface area contributed by atoms with Crippen LogP contribution in [-0.4, -0.2) is 30.1 Å². The van der Waals surface area contributed by atoms with Crippen LogP contribution in [0.3, 0.4) is 0 Å². The fraction of sp³-hybridized carbons (Fsp3) is 0.333. The van der Waals surface area contributed by atoms with Crippen LogP contribution < -0.4 is 15.5 Å². The fourth-order valence-electron chi connectivity index (χ4n) is 2.44. The number of amides is 2. The van der Waals surface area contributed by atoms with E-state index in [1.165, 1.54) is 0 Å². The molecule has 1 unspecified atom stereocenters. The van der Waals surface area contributed by atoms with Gasteiger partial charge in [-0.25, -0.2) is 9.78 Å². The van der Waals surface area contributed by atoms with Gasteiger partial charge in [-0.3, -0.25) is 0 Å². The highest BCUT2D eigenvalue weighted by atomic mass is 32.1. The normalized spacial score (nSPS) is 17.7. The highest BCUT2D eigenvalue weighted by Gasteiger charge is 2.24. The third-order valence-electron chi connectivity index (χ3n) is 3.50. The van der Waals surface area contributed by atoms with Gasteiger partial charge in [-0.1, -0.05) is 12.1 Å². The molecule has 0 radical (unpaired) electrons. The molecule has 3 rings (SSSR count). The van der Waals surface area contributed by atoms with Gasteiger partial charge in [0.25, 0.3) is 0 Å². The van der Waals surface area contributed by atoms with Crippen molar-refractivity contribution < 1.29 is 4.79 Å². The van der Waals surface area contributed by atoms with Crippen LogP contribution in [0.5, 0.6) is 0 Å². The summed E-state index contributed by atoms with van der Waals surface area (Å²) in [5.74, 6) is 0.973. The lowest BCUT2D eigenvalue weighted by Gasteiger charge is -2.17. The molecule has 1 fully saturated rings. The van der Waals surface area contributed by atoms with Gasteiger partial charge >= 0.3 is 6.03 Å². The summed E-state index contributed by atoms with van der Waals surface area (Å²) in [5.41, 5.74) is 0. The van der Waals surface area contributed by atoms with E-state index in [1.807, 2.05) is 35.7 Å². The van der Waals surface area contributed by atoms with E-state index >= 15 is 0 Å². The van der Waals surface area contributed by atoms with Crippen LogP contribution in [0.1, 0.15) is 11.3 Å². The molecule has 0 saturated carbocycles. The second kappa shape index (κ2) is 6.58. The fourth-order valence-corrected chi connectivity index (χ4v) is 3.09. The van der Waals surface area contributed by atoms with Crippen molar-refractivity contribution in [3.8, 4) is 0 Å². The van der Waals surface area contributed by atoms with Crippen molar-refractivity contribution in [1.29, 1.82) is 0 Å². The Morgan fingerprint density at radius 3 is 3.10 bits per heavy atom. The molecule has 1 aliphatic heterocycles. The highest BCUT2D eigenvalue weighted by Crippen LogP contribution is 2.17. The quantitative estimate of drug-likeness (QED) is 0.910. The van der Waals surface area contributed by atoms with Gasteiger partial charge in [0.05, 0.1) is 6.54 Å². The summed E-state index contributed by atoms with van der Waals surface area (Å²) in [6.45, 7) is 2.32. The number of pyridine rings is 1. The van der Waals surface area contributed by atoms with Crippen LogP contribution in [0.15, 0.2) is 41.9 Å². The largest absolute Gasteiger partial charge is 0.354 e. The number of thiophene rings is 1. The molecule has 0 aliphatic carbocycles. The molecular formula is C15H18N4OS. The van der Waals surface area contributed by atoms with Crippen LogP contribution >= 0.6 is 11.3 Å². The van der Waals surface area contributed by atoms with E-state index in [2.05, 4.69) is 20.5 Å². The number of nitrogens with zero attached hydrogens (tertiary/aromatic N) is 2. The molecule has 0 spiro atoms. The van der Waals surface area contributed by atoms with E-state index < -0.39 is 0 Å². The summed E-state index contributed by atoms with van der Waals surface area (Å²) >= 11 is 1.65. The minimum atomic E-state index is -0.101. The van der Waals surface area contributed by atoms with Crippen LogP contribution in [0.4, 0.5) is 10.6 Å². The van der Waals surface area contributed by atoms with E-state index in [-0.39, 0.29) is 12.1 Å². The Bertz CT molecular complexity index is 573. The van der Waals surface area contributed by atoms with Crippen molar-refractivity contribution in [1.82, 2.24) is 15.6 Å². The molecule has 3 heterocycles. The van der Waals surface area contributed by atoms with Gasteiger partial charge < -0.3 is 15.5 Å². The Balaban J connectivity index is 1.45. The summed E-state index contributed by atoms with van der Waals surface area (Å²) in [6, 6.07) is 9.97. The Morgan fingerprint density at radius 1 is 1.38 bits per heavy atom. The molecule has 2 aromatic rings. The molecule has 1 saturated heterocycles. The number of carbonyl (C=O) groups excluding carboxylic acids is 1. The zero-order valence-electron chi connectivity index (χ0n) is 11.7. The number of hydrogen-bond acceptors (Lipinski definition) is 4. The minimum absolute atomic E-state index is 0.101. The Hall–Kier alpha value is -2.08. The lowest BCUT2D eigenvalue weighted by Crippen LogP contribution is -2.43. The number of anilines is 1. The van der Waals surface area contributed by atoms with Crippen molar-refractivity contribution in [3.63, 3.8) is 0 Å². The van der Waals surface area contributed by atoms with Gasteiger partial charge in [0.15, 0.2) is 0 Å². The number of urea groups is 1. The Morgan fingerprint density at radius 2 is 2.33 bits per heavy atom. The molecule has 5 nitrogen and oxygen atoms in total. The standard InChI is InChI=1S/C15H18N4OS/c20-15(17-10-13-4-3-9-21-13)18-12-6-8-19(11-12)14-5-1-2-7-16-14/h1-5,7,9,12H,6,8,10-11H2,(H2,17,18,20). The van der Waals surface area contributed by atoms with Crippen molar-refractivity contribution >= 4 is 23.2 Å². The second-order valence-electron chi connectivity index (χ2n) is 5.03. The molecule has 0 bridgehead atoms. The maximum absolute atomic E-state index is 11.9. The van der Waals surface area contributed by atoms with Gasteiger partial charge in [0.2, 0.25) is 0 Å². The summed E-state index contributed by atoms with van der Waals surface area (Å²) < 4.78 is 0. The van der Waals surface area contributed by atoms with Crippen molar-refractivity contribution in [3.05, 3.63) is 46.8 Å². The zero-order chi connectivity index (χ0) is 14.5. The molecule has 0 aromatic carbocycles. The predicted octanol–water partition coefficient (Wildman–Crippen LogP) is 2.22. The SMILES string of the molecule is O=C(NCc1cccs1)NC1CCN(c2ccccn2)C1. The number of rotatable bonds is 4. The summed E-state index contributed by atoms with van der Waals surface area (Å²) in [7, 11) is 0. The first-order valence-electron chi connectivity index (χ1n) is 7.04. The molecule has 1 atom stereocenters. The van der Waals surface area contributed by atoms with E-state index in [0.29, 0.717) is 6.54 Å². The smallest absolute Gasteiger partial charge is 0.315 e. The third kappa shape index (κ3) is 3.72. The maximum atomic E-state index is 11.9. The lowest BCUT2D eigenvalue weighted by atomic mass is 10.3. The Labute approximate surface area is 128 Å². The van der Waals surface area contributed by atoms with Gasteiger partial charge in [-0.05, 0) is 30.0 Å². The maximum Gasteiger partial charge on any atom is 0.315 e. The third-order valence-corrected chi connectivity index (χ3v) is 4.38. The van der Waals surface area contributed by atoms with Crippen LogP contribution in [0, 0.1) is 0 Å². The van der Waals surface area contributed by atoms with Crippen LogP contribution in [0.25, 0.3) is 0 Å². The van der Waals surface area contributed by atoms with Crippen LogP contribution in [0.2, 0.25) is 0 Å². The summed E-state index contributed by atoms with van der Waals surface area (Å²) in [4.78, 5) is 19.6. The summed E-state index contributed by atoms with van der Waals surface area (Å²) in [5, 5.41) is 7.93. The van der Waals surface area contributed by atoms with Gasteiger partial charge in [-0.15, -0.1) is 11.3 Å². The van der Waals surface area contributed by atoms with Crippen LogP contribution in [-0.2, 0) is 6.54 Å². The average Bonchev–Trinajstić information content (AvgIpc) is 3.17. The topological polar surface area (TPSA) is 57.3 Å². The van der Waals surface area contributed by atoms with Crippen molar-refractivity contribution in [2.24, 2.45) is 0 Å². The van der Waals surface area contributed by atoms with Gasteiger partial charge in [0, 0.05) is 30.2 Å². The molecule has 1 aliphatic rings. The van der Waals surface area contributed by atoms with E-state index in [4.69, 9.17) is 0 Å². The van der Waals surface area contributed by atoms with E-state index in [1.54, 1.807) is 17.5 Å². The average molecular weight is 302 g/mol. The molecule has 2 N–H and O–H groups in total. The predicted molar refractivity (Wildman–Crippen MR) is 84.5 cm³/mol. The highest BCUT2D eigenvalue weighted by molar-refractivity contribution is 7.09. The number of nitrogens with one attached hydrogen (secondary N) is 2. The molecule has 2 aromatic heterocycles. The molecule has 110 valence electrons. The summed E-state index contributed by atoms with van der Waals surface area (Å²) in [6.07, 6.45) is 2.74. The molecule has 21 heavy (non-hydrogen) atoms. The molecule has 2 amide bonds. The van der Waals surface area contributed by atoms with E-state index in [0.717, 1.165) is 30.2 Å². The lowest BCUT2D eigenvalue weighted by molar-refractivity contribution is 0.237.